The summed E-state index contributed by atoms with van der Waals surface area (Å²) in [5.74, 6) is 1.44. The molecule has 2 aromatic rings. The van der Waals surface area contributed by atoms with Gasteiger partial charge < -0.3 is 29.9 Å². The van der Waals surface area contributed by atoms with Gasteiger partial charge in [0.25, 0.3) is 0 Å². The van der Waals surface area contributed by atoms with Crippen LogP contribution in [0.2, 0.25) is 0 Å². The summed E-state index contributed by atoms with van der Waals surface area (Å²) in [6.07, 6.45) is 4.12. The topological polar surface area (TPSA) is 100.0 Å². The molecule has 8 nitrogen and oxygen atoms in total. The van der Waals surface area contributed by atoms with Crippen LogP contribution in [0.15, 0.2) is 42.7 Å². The van der Waals surface area contributed by atoms with E-state index in [0.29, 0.717) is 51.8 Å². The standard InChI is InChI=1S/C20H28N4O4/c25-10-11-27-12-13-28-18-4-2-17(3-5-18)14-21-15-20(26)6-9-24(16-20)19-22-7-1-8-23-19/h1-5,7-8,21,25-26H,6,9-16H2/t20-/m1/s1. The first-order valence-electron chi connectivity index (χ1n) is 9.54. The zero-order chi connectivity index (χ0) is 19.7. The molecule has 0 amide bonds. The lowest BCUT2D eigenvalue weighted by Crippen LogP contribution is -2.43. The number of aliphatic hydroxyl groups is 2. The summed E-state index contributed by atoms with van der Waals surface area (Å²) in [5.41, 5.74) is 0.338. The average Bonchev–Trinajstić information content (AvgIpc) is 3.12. The van der Waals surface area contributed by atoms with Crippen LogP contribution in [0.3, 0.4) is 0 Å². The molecule has 3 rings (SSSR count). The molecule has 8 heteroatoms. The predicted molar refractivity (Wildman–Crippen MR) is 105 cm³/mol. The Morgan fingerprint density at radius 2 is 1.89 bits per heavy atom. The lowest BCUT2D eigenvalue weighted by molar-refractivity contribution is 0.0626. The third-order valence-corrected chi connectivity index (χ3v) is 4.61. The largest absolute Gasteiger partial charge is 0.491 e. The second-order valence-electron chi connectivity index (χ2n) is 6.88. The van der Waals surface area contributed by atoms with E-state index in [1.54, 1.807) is 18.5 Å². The molecule has 1 aromatic heterocycles. The Bertz CT molecular complexity index is 701. The van der Waals surface area contributed by atoms with Crippen LogP contribution in [0.1, 0.15) is 12.0 Å². The number of nitrogens with zero attached hydrogens (tertiary/aromatic N) is 3. The van der Waals surface area contributed by atoms with Gasteiger partial charge in [-0.1, -0.05) is 12.1 Å². The Balaban J connectivity index is 1.38. The van der Waals surface area contributed by atoms with Gasteiger partial charge in [0.1, 0.15) is 12.4 Å². The van der Waals surface area contributed by atoms with Gasteiger partial charge in [0, 0.05) is 32.0 Å². The monoisotopic (exact) mass is 388 g/mol. The van der Waals surface area contributed by atoms with E-state index in [9.17, 15) is 5.11 Å². The highest BCUT2D eigenvalue weighted by molar-refractivity contribution is 5.32. The Kier molecular flexibility index (Phi) is 7.55. The van der Waals surface area contributed by atoms with Crippen molar-refractivity contribution < 1.29 is 19.7 Å². The number of benzene rings is 1. The molecule has 0 bridgehead atoms. The second-order valence-corrected chi connectivity index (χ2v) is 6.88. The first kappa shape index (κ1) is 20.5. The fourth-order valence-electron chi connectivity index (χ4n) is 3.15. The van der Waals surface area contributed by atoms with Crippen LogP contribution in [0.5, 0.6) is 5.75 Å². The van der Waals surface area contributed by atoms with Crippen molar-refractivity contribution in [3.05, 3.63) is 48.3 Å². The molecule has 1 fully saturated rings. The molecule has 0 spiro atoms. The van der Waals surface area contributed by atoms with Gasteiger partial charge in [-0.3, -0.25) is 0 Å². The minimum Gasteiger partial charge on any atom is -0.491 e. The van der Waals surface area contributed by atoms with Gasteiger partial charge in [0.15, 0.2) is 0 Å². The smallest absolute Gasteiger partial charge is 0.225 e. The molecule has 1 atom stereocenters. The lowest BCUT2D eigenvalue weighted by atomic mass is 10.0. The molecule has 152 valence electrons. The molecule has 0 unspecified atom stereocenters. The summed E-state index contributed by atoms with van der Waals surface area (Å²) in [6.45, 7) is 3.71. The molecule has 1 saturated heterocycles. The molecule has 0 saturated carbocycles. The molecule has 2 heterocycles. The number of nitrogens with one attached hydrogen (secondary N) is 1. The summed E-state index contributed by atoms with van der Waals surface area (Å²) in [7, 11) is 0. The van der Waals surface area contributed by atoms with E-state index >= 15 is 0 Å². The summed E-state index contributed by atoms with van der Waals surface area (Å²) in [6, 6.07) is 9.62. The number of β-amino-alcohol motifs (C(OH)–C–C–N with tert-alkyl or cyclic N) is 1. The van der Waals surface area contributed by atoms with E-state index in [2.05, 4.69) is 15.3 Å². The van der Waals surface area contributed by atoms with Crippen molar-refractivity contribution in [2.75, 3.05) is 51.0 Å². The predicted octanol–water partition coefficient (Wildman–Crippen LogP) is 0.595. The van der Waals surface area contributed by atoms with Crippen molar-refractivity contribution in [1.82, 2.24) is 15.3 Å². The summed E-state index contributed by atoms with van der Waals surface area (Å²) in [5, 5.41) is 22.8. The van der Waals surface area contributed by atoms with Crippen LogP contribution in [0, 0.1) is 0 Å². The van der Waals surface area contributed by atoms with Gasteiger partial charge in [0.2, 0.25) is 5.95 Å². The van der Waals surface area contributed by atoms with E-state index in [0.717, 1.165) is 17.9 Å². The van der Waals surface area contributed by atoms with Crippen molar-refractivity contribution in [3.8, 4) is 5.75 Å². The Morgan fingerprint density at radius 3 is 2.64 bits per heavy atom. The number of anilines is 1. The van der Waals surface area contributed by atoms with Gasteiger partial charge in [-0.05, 0) is 30.2 Å². The van der Waals surface area contributed by atoms with Gasteiger partial charge in [-0.25, -0.2) is 9.97 Å². The number of aromatic nitrogens is 2. The van der Waals surface area contributed by atoms with Gasteiger partial charge in [0.05, 0.1) is 32.0 Å². The van der Waals surface area contributed by atoms with Crippen LogP contribution in [0.4, 0.5) is 5.95 Å². The fourth-order valence-corrected chi connectivity index (χ4v) is 3.15. The van der Waals surface area contributed by atoms with Crippen LogP contribution in [-0.4, -0.2) is 71.8 Å². The summed E-state index contributed by atoms with van der Waals surface area (Å²) in [4.78, 5) is 10.5. The van der Waals surface area contributed by atoms with Crippen LogP contribution >= 0.6 is 0 Å². The molecule has 3 N–H and O–H groups in total. The van der Waals surface area contributed by atoms with E-state index in [4.69, 9.17) is 14.6 Å². The normalized spacial score (nSPS) is 19.1. The molecule has 0 radical (unpaired) electrons. The Labute approximate surface area is 165 Å². The molecule has 28 heavy (non-hydrogen) atoms. The highest BCUT2D eigenvalue weighted by Gasteiger charge is 2.36. The average molecular weight is 388 g/mol. The molecular weight excluding hydrogens is 360 g/mol. The molecule has 1 aliphatic rings. The molecule has 0 aliphatic carbocycles. The van der Waals surface area contributed by atoms with E-state index in [1.807, 2.05) is 29.2 Å². The van der Waals surface area contributed by atoms with Gasteiger partial charge in [-0.2, -0.15) is 0 Å². The maximum atomic E-state index is 10.8. The number of hydrogen-bond donors (Lipinski definition) is 3. The summed E-state index contributed by atoms with van der Waals surface area (Å²) >= 11 is 0. The van der Waals surface area contributed by atoms with Crippen molar-refractivity contribution in [2.24, 2.45) is 0 Å². The minimum absolute atomic E-state index is 0.0227. The van der Waals surface area contributed by atoms with E-state index < -0.39 is 5.60 Å². The second kappa shape index (κ2) is 10.3. The molecule has 1 aromatic carbocycles. The van der Waals surface area contributed by atoms with Crippen molar-refractivity contribution in [2.45, 2.75) is 18.6 Å². The number of aliphatic hydroxyl groups excluding tert-OH is 1. The SMILES string of the molecule is OCCOCCOc1ccc(CNC[C@]2(O)CCN(c3ncccn3)C2)cc1. The van der Waals surface area contributed by atoms with Gasteiger partial charge in [-0.15, -0.1) is 0 Å². The Morgan fingerprint density at radius 1 is 1.11 bits per heavy atom. The minimum atomic E-state index is -0.781. The Hall–Kier alpha value is -2.26. The van der Waals surface area contributed by atoms with Crippen LogP contribution in [-0.2, 0) is 11.3 Å². The maximum absolute atomic E-state index is 10.8. The highest BCUT2D eigenvalue weighted by atomic mass is 16.5. The number of rotatable bonds is 11. The molecular formula is C20H28N4O4. The van der Waals surface area contributed by atoms with Crippen molar-refractivity contribution in [1.29, 1.82) is 0 Å². The van der Waals surface area contributed by atoms with Crippen LogP contribution < -0.4 is 15.0 Å². The highest BCUT2D eigenvalue weighted by Crippen LogP contribution is 2.23. The zero-order valence-electron chi connectivity index (χ0n) is 16.0. The van der Waals surface area contributed by atoms with Crippen LogP contribution in [0.25, 0.3) is 0 Å². The number of ether oxygens (including phenoxy) is 2. The zero-order valence-corrected chi connectivity index (χ0v) is 16.0. The third kappa shape index (κ3) is 6.13. The van der Waals surface area contributed by atoms with E-state index in [1.165, 1.54) is 0 Å². The number of hydrogen-bond acceptors (Lipinski definition) is 8. The summed E-state index contributed by atoms with van der Waals surface area (Å²) < 4.78 is 10.7. The first-order chi connectivity index (χ1) is 13.7. The quantitative estimate of drug-likeness (QED) is 0.481. The first-order valence-corrected chi connectivity index (χ1v) is 9.54. The van der Waals surface area contributed by atoms with Gasteiger partial charge >= 0.3 is 0 Å². The molecule has 1 aliphatic heterocycles. The maximum Gasteiger partial charge on any atom is 0.225 e. The lowest BCUT2D eigenvalue weighted by Gasteiger charge is -2.24. The third-order valence-electron chi connectivity index (χ3n) is 4.61. The van der Waals surface area contributed by atoms with Crippen molar-refractivity contribution >= 4 is 5.95 Å². The fraction of sp³-hybridized carbons (Fsp3) is 0.500. The van der Waals surface area contributed by atoms with E-state index in [-0.39, 0.29) is 6.61 Å². The van der Waals surface area contributed by atoms with Crippen molar-refractivity contribution in [3.63, 3.8) is 0 Å².